The van der Waals surface area contributed by atoms with Crippen LogP contribution in [0.15, 0.2) is 41.6 Å². The fourth-order valence-corrected chi connectivity index (χ4v) is 2.41. The van der Waals surface area contributed by atoms with Crippen LogP contribution >= 0.6 is 11.6 Å². The van der Waals surface area contributed by atoms with E-state index in [9.17, 15) is 0 Å². The molecule has 0 saturated carbocycles. The lowest BCUT2D eigenvalue weighted by Gasteiger charge is -2.12. The summed E-state index contributed by atoms with van der Waals surface area (Å²) in [6, 6.07) is 12.7. The first-order valence-electron chi connectivity index (χ1n) is 7.85. The van der Waals surface area contributed by atoms with Gasteiger partial charge in [-0.05, 0) is 25.1 Å². The van der Waals surface area contributed by atoms with E-state index in [-0.39, 0.29) is 13.2 Å². The smallest absolute Gasteiger partial charge is 0.181 e. The second kappa shape index (κ2) is 9.98. The molecule has 0 fully saturated rings. The van der Waals surface area contributed by atoms with Crippen molar-refractivity contribution >= 4 is 17.8 Å². The topological polar surface area (TPSA) is 63.8 Å². The number of hydrogen-bond acceptors (Lipinski definition) is 5. The molecule has 0 aliphatic rings. The minimum Gasteiger partial charge on any atom is -0.490 e. The third kappa shape index (κ3) is 5.17. The van der Waals surface area contributed by atoms with E-state index in [4.69, 9.17) is 37.6 Å². The summed E-state index contributed by atoms with van der Waals surface area (Å²) in [5, 5.41) is 13.3. The van der Waals surface area contributed by atoms with Crippen LogP contribution in [-0.2, 0) is 11.4 Å². The monoisotopic (exact) mass is 368 g/mol. The number of hydrogen-bond donors (Lipinski definition) is 0. The third-order valence-electron chi connectivity index (χ3n) is 3.27. The van der Waals surface area contributed by atoms with E-state index in [1.807, 2.05) is 19.1 Å². The minimum absolute atomic E-state index is 0.0919. The Hall–Kier alpha value is -3.15. The SMILES string of the molecule is C#CCOc1c(Cl)cc(/C=N\OCc2ccccc2C#N)cc1OCC. The highest BCUT2D eigenvalue weighted by molar-refractivity contribution is 6.32. The second-order valence-corrected chi connectivity index (χ2v) is 5.44. The Balaban J connectivity index is 2.10. The quantitative estimate of drug-likeness (QED) is 0.398. The van der Waals surface area contributed by atoms with Crippen molar-refractivity contribution in [2.24, 2.45) is 5.16 Å². The molecule has 2 aromatic rings. The number of ether oxygens (including phenoxy) is 2. The first kappa shape index (κ1) is 19.2. The highest BCUT2D eigenvalue weighted by atomic mass is 35.5. The lowest BCUT2D eigenvalue weighted by Crippen LogP contribution is -2.01. The van der Waals surface area contributed by atoms with Gasteiger partial charge in [0.1, 0.15) is 13.2 Å². The highest BCUT2D eigenvalue weighted by Crippen LogP contribution is 2.36. The van der Waals surface area contributed by atoms with E-state index in [0.717, 1.165) is 5.56 Å². The molecule has 0 saturated heterocycles. The lowest BCUT2D eigenvalue weighted by atomic mass is 10.1. The predicted octanol–water partition coefficient (Wildman–Crippen LogP) is 4.17. The Labute approximate surface area is 157 Å². The van der Waals surface area contributed by atoms with Gasteiger partial charge in [-0.15, -0.1) is 6.42 Å². The summed E-state index contributed by atoms with van der Waals surface area (Å²) in [5.41, 5.74) is 2.00. The van der Waals surface area contributed by atoms with Gasteiger partial charge in [0.15, 0.2) is 11.5 Å². The molecule has 2 rings (SSSR count). The van der Waals surface area contributed by atoms with Crippen LogP contribution in [0.25, 0.3) is 0 Å². The van der Waals surface area contributed by atoms with Gasteiger partial charge in [0.05, 0.1) is 29.5 Å². The van der Waals surface area contributed by atoms with Gasteiger partial charge < -0.3 is 14.3 Å². The van der Waals surface area contributed by atoms with Crippen LogP contribution in [0.3, 0.4) is 0 Å². The maximum absolute atomic E-state index is 9.06. The van der Waals surface area contributed by atoms with E-state index < -0.39 is 0 Å². The first-order valence-corrected chi connectivity index (χ1v) is 8.23. The summed E-state index contributed by atoms with van der Waals surface area (Å²) in [6.07, 6.45) is 6.72. The second-order valence-electron chi connectivity index (χ2n) is 5.03. The first-order chi connectivity index (χ1) is 12.7. The van der Waals surface area contributed by atoms with Crippen LogP contribution in [0, 0.1) is 23.7 Å². The Morgan fingerprint density at radius 3 is 2.81 bits per heavy atom. The Kier molecular flexibility index (Phi) is 7.36. The van der Waals surface area contributed by atoms with Gasteiger partial charge in [-0.3, -0.25) is 0 Å². The van der Waals surface area contributed by atoms with Crippen molar-refractivity contribution in [3.05, 3.63) is 58.1 Å². The molecular weight excluding hydrogens is 352 g/mol. The van der Waals surface area contributed by atoms with Gasteiger partial charge >= 0.3 is 0 Å². The fraction of sp³-hybridized carbons (Fsp3) is 0.200. The summed E-state index contributed by atoms with van der Waals surface area (Å²) in [4.78, 5) is 5.28. The predicted molar refractivity (Wildman–Crippen MR) is 100 cm³/mol. The van der Waals surface area contributed by atoms with Gasteiger partial charge in [-0.1, -0.05) is 40.9 Å². The van der Waals surface area contributed by atoms with Gasteiger partial charge in [0, 0.05) is 11.1 Å². The molecule has 0 bridgehead atoms. The number of terminal acetylenes is 1. The average Bonchev–Trinajstić information content (AvgIpc) is 2.65. The highest BCUT2D eigenvalue weighted by Gasteiger charge is 2.12. The molecule has 0 radical (unpaired) electrons. The molecule has 0 amide bonds. The molecule has 5 nitrogen and oxygen atoms in total. The molecule has 0 aromatic heterocycles. The van der Waals surface area contributed by atoms with Crippen molar-refractivity contribution in [2.75, 3.05) is 13.2 Å². The van der Waals surface area contributed by atoms with Crippen LogP contribution < -0.4 is 9.47 Å². The zero-order valence-electron chi connectivity index (χ0n) is 14.2. The normalized spacial score (nSPS) is 10.2. The summed E-state index contributed by atoms with van der Waals surface area (Å²) in [5.74, 6) is 3.26. The molecule has 0 spiro atoms. The van der Waals surface area contributed by atoms with Crippen molar-refractivity contribution in [2.45, 2.75) is 13.5 Å². The maximum Gasteiger partial charge on any atom is 0.181 e. The Bertz CT molecular complexity index is 866. The molecular formula is C20H17ClN2O3. The lowest BCUT2D eigenvalue weighted by molar-refractivity contribution is 0.132. The number of nitrogens with zero attached hydrogens (tertiary/aromatic N) is 2. The van der Waals surface area contributed by atoms with Crippen molar-refractivity contribution < 1.29 is 14.3 Å². The molecule has 0 atom stereocenters. The zero-order valence-corrected chi connectivity index (χ0v) is 15.0. The van der Waals surface area contributed by atoms with E-state index in [1.54, 1.807) is 24.3 Å². The number of benzene rings is 2. The largest absolute Gasteiger partial charge is 0.490 e. The van der Waals surface area contributed by atoms with Crippen molar-refractivity contribution in [1.82, 2.24) is 0 Å². The van der Waals surface area contributed by atoms with Crippen LogP contribution in [0.4, 0.5) is 0 Å². The van der Waals surface area contributed by atoms with Crippen LogP contribution in [0.2, 0.25) is 5.02 Å². The van der Waals surface area contributed by atoms with E-state index in [2.05, 4.69) is 17.1 Å². The molecule has 2 aromatic carbocycles. The molecule has 0 heterocycles. The van der Waals surface area contributed by atoms with Crippen LogP contribution in [0.5, 0.6) is 11.5 Å². The van der Waals surface area contributed by atoms with Crippen LogP contribution in [-0.4, -0.2) is 19.4 Å². The Morgan fingerprint density at radius 1 is 1.27 bits per heavy atom. The molecule has 0 aliphatic heterocycles. The molecule has 132 valence electrons. The minimum atomic E-state index is 0.0919. The molecule has 0 aliphatic carbocycles. The summed E-state index contributed by atoms with van der Waals surface area (Å²) in [6.45, 7) is 2.59. The number of halogens is 1. The van der Waals surface area contributed by atoms with Crippen molar-refractivity contribution in [3.8, 4) is 29.9 Å². The third-order valence-corrected chi connectivity index (χ3v) is 3.55. The van der Waals surface area contributed by atoms with Gasteiger partial charge in [0.2, 0.25) is 0 Å². The standard InChI is InChI=1S/C20H17ClN2O3/c1-3-9-25-20-18(21)10-15(11-19(20)24-4-2)13-23-26-14-17-8-6-5-7-16(17)12-22/h1,5-8,10-11,13H,4,9,14H2,2H3/b23-13-. The summed E-state index contributed by atoms with van der Waals surface area (Å²) in [7, 11) is 0. The molecule has 6 heteroatoms. The molecule has 0 unspecified atom stereocenters. The number of oxime groups is 1. The molecule has 26 heavy (non-hydrogen) atoms. The Morgan fingerprint density at radius 2 is 2.08 bits per heavy atom. The maximum atomic E-state index is 9.06. The van der Waals surface area contributed by atoms with E-state index in [1.165, 1.54) is 6.21 Å². The van der Waals surface area contributed by atoms with Gasteiger partial charge in [-0.2, -0.15) is 5.26 Å². The fourth-order valence-electron chi connectivity index (χ4n) is 2.14. The average molecular weight is 369 g/mol. The van der Waals surface area contributed by atoms with E-state index >= 15 is 0 Å². The van der Waals surface area contributed by atoms with Gasteiger partial charge in [-0.25, -0.2) is 0 Å². The summed E-state index contributed by atoms with van der Waals surface area (Å²) < 4.78 is 11.0. The zero-order chi connectivity index (χ0) is 18.8. The van der Waals surface area contributed by atoms with E-state index in [0.29, 0.717) is 34.3 Å². The van der Waals surface area contributed by atoms with Crippen LogP contribution in [0.1, 0.15) is 23.6 Å². The molecule has 0 N–H and O–H groups in total. The van der Waals surface area contributed by atoms with Gasteiger partial charge in [0.25, 0.3) is 0 Å². The number of nitriles is 1. The van der Waals surface area contributed by atoms with Crippen molar-refractivity contribution in [1.29, 1.82) is 5.26 Å². The summed E-state index contributed by atoms with van der Waals surface area (Å²) >= 11 is 6.24. The van der Waals surface area contributed by atoms with Crippen molar-refractivity contribution in [3.63, 3.8) is 0 Å². The number of rotatable bonds is 8.